The monoisotopic (exact) mass is 2150 g/mol. The van der Waals surface area contributed by atoms with E-state index in [0.717, 1.165) is 195 Å². The van der Waals surface area contributed by atoms with Crippen LogP contribution in [0.5, 0.6) is 0 Å². The molecule has 1 saturated heterocycles. The van der Waals surface area contributed by atoms with Crippen LogP contribution in [0.1, 0.15) is 70.6 Å². The SMILES string of the molecule is Cn1ccnc1Sc1ncnc2ccncc12.Cn1cnnc1Sc1ncnc2ccncc12.Cn1nnnc1Sc1ncnc2ccncc12.c1cc2ncnc(SC3CCCC3)c2cn1.c1cc2ncnc(SC3CCCCC3)c2cn1.c1cc2ncnc(SC3CCOCC3)c2cn1.c1cc2ncnc(Sc3ncc[nH]3)c2cn1.c1cc2ncnc(Sc3nn[nH]n3)c2cn1.c1cc2ncnc(Sc3nn[nH]n3)c2cn1. The third kappa shape index (κ3) is 28.0. The van der Waals surface area contributed by atoms with Gasteiger partial charge < -0.3 is 18.9 Å². The molecule has 2 aliphatic carbocycles. The molecule has 24 aromatic heterocycles. The van der Waals surface area contributed by atoms with Crippen molar-refractivity contribution in [3.05, 3.63) is 254 Å². The highest BCUT2D eigenvalue weighted by Crippen LogP contribution is 2.40. The number of imidazole rings is 2. The minimum absolute atomic E-state index is 0.517. The van der Waals surface area contributed by atoms with Gasteiger partial charge >= 0.3 is 0 Å². The molecule has 24 aromatic rings. The number of aryl methyl sites for hydroxylation is 3. The Balaban J connectivity index is 0.000000105. The van der Waals surface area contributed by atoms with E-state index in [1.807, 2.05) is 138 Å². The van der Waals surface area contributed by atoms with E-state index in [-0.39, 0.29) is 0 Å². The lowest BCUT2D eigenvalue weighted by Crippen LogP contribution is -2.17. The molecule has 0 aromatic carbocycles. The molecular weight excluding hydrogens is 2070 g/mol. The van der Waals surface area contributed by atoms with E-state index < -0.39 is 0 Å². The number of H-pyrrole nitrogens is 3. The third-order valence-electron chi connectivity index (χ3n) is 21.7. The standard InChI is InChI=1S/C13H15N3S.C12H13N3OS.C12H13N3S.C11H9N5S.C10H8N6S.C10H7N5S.C9H7N7S.2C8H5N7S/c1-2-4-10(5-3-1)17-13-11-8-14-7-6-12(11)15-9-16-13;1-4-13-7-10-11(1)14-8-15-12(10)17-9-2-5-16-6-3-9;1-2-4-9(3-1)16-12-10-7-13-6-5-11(10)14-8-15-12;1-16-5-4-13-11(16)17-10-8-6-12-3-2-9(8)14-7-15-10;1-16-6-14-15-10(16)17-9-7-4-11-3-2-8(7)12-5-13-9;1-2-11-5-7-8(1)14-6-15-9(7)16-10-12-3-4-13-10;1-16-9(13-14-15-16)17-8-6-4-10-3-2-7(6)11-5-12-8;2*1-2-9-3-5-6(1)10-4-11-7(5)16-8-12-14-15-13-8/h6-10H,1-5H2;1,4,7-9H,2-3,5-6H2;5-9H,1-4H2;2-7H,1H3;2-6H,1H3;1-6H,(H,12,13);2-5H,1H3;2*1-4H,(H,12,13,14,15). The molecule has 744 valence electrons. The van der Waals surface area contributed by atoms with Crippen LogP contribution >= 0.6 is 106 Å². The molecular formula is C93H82N46OS9. The summed E-state index contributed by atoms with van der Waals surface area (Å²) in [6.45, 7) is 1.72. The van der Waals surface area contributed by atoms with E-state index >= 15 is 0 Å². The molecule has 1 aliphatic heterocycles. The molecule has 0 radical (unpaired) electrons. The van der Waals surface area contributed by atoms with Crippen molar-refractivity contribution in [2.24, 2.45) is 21.1 Å². The average molecular weight is 2150 g/mol. The van der Waals surface area contributed by atoms with E-state index in [0.29, 0.717) is 20.7 Å². The van der Waals surface area contributed by atoms with Gasteiger partial charge in [0.05, 0.1) is 98.1 Å². The molecule has 27 rings (SSSR count). The predicted octanol–water partition coefficient (Wildman–Crippen LogP) is 16.0. The van der Waals surface area contributed by atoms with Crippen LogP contribution in [0.3, 0.4) is 0 Å². The molecule has 149 heavy (non-hydrogen) atoms. The number of aromatic nitrogens is 46. The summed E-state index contributed by atoms with van der Waals surface area (Å²) in [5.41, 5.74) is 8.15. The zero-order valence-corrected chi connectivity index (χ0v) is 86.3. The number of aromatic amines is 3. The molecule has 2 saturated carbocycles. The first-order valence-corrected chi connectivity index (χ1v) is 53.2. The van der Waals surface area contributed by atoms with Gasteiger partial charge in [-0.2, -0.15) is 10.4 Å². The van der Waals surface area contributed by atoms with Gasteiger partial charge in [-0.1, -0.05) is 32.1 Å². The Bertz CT molecular complexity index is 7730. The highest BCUT2D eigenvalue weighted by molar-refractivity contribution is 8.01. The summed E-state index contributed by atoms with van der Waals surface area (Å²) in [6, 6.07) is 16.9. The number of thioether (sulfide) groups is 3. The Hall–Kier alpha value is -15.7. The number of ether oxygens (including phenoxy) is 1. The fourth-order valence-electron chi connectivity index (χ4n) is 14.5. The van der Waals surface area contributed by atoms with E-state index in [2.05, 4.69) is 216 Å². The van der Waals surface area contributed by atoms with Gasteiger partial charge in [-0.15, -0.1) is 71.0 Å². The normalized spacial score (nSPS) is 13.0. The summed E-state index contributed by atoms with van der Waals surface area (Å²) in [4.78, 5) is 125. The van der Waals surface area contributed by atoms with E-state index in [1.54, 1.807) is 168 Å². The van der Waals surface area contributed by atoms with Gasteiger partial charge in [0.15, 0.2) is 15.5 Å². The van der Waals surface area contributed by atoms with Crippen molar-refractivity contribution in [3.8, 4) is 0 Å². The first-order chi connectivity index (χ1) is 73.6. The molecule has 0 spiro atoms. The largest absolute Gasteiger partial charge is 0.381 e. The summed E-state index contributed by atoms with van der Waals surface area (Å²) >= 11 is 14.1. The minimum atomic E-state index is 0.517. The number of rotatable bonds is 18. The smallest absolute Gasteiger partial charge is 0.237 e. The van der Waals surface area contributed by atoms with E-state index in [1.165, 1.54) is 147 Å². The van der Waals surface area contributed by atoms with Crippen molar-refractivity contribution in [1.82, 2.24) is 230 Å². The molecule has 56 heteroatoms. The van der Waals surface area contributed by atoms with Crippen LogP contribution in [0.4, 0.5) is 0 Å². The van der Waals surface area contributed by atoms with Gasteiger partial charge in [-0.05, 0) is 185 Å². The zero-order chi connectivity index (χ0) is 101. The number of nitrogens with one attached hydrogen (secondary N) is 3. The van der Waals surface area contributed by atoms with Crippen molar-refractivity contribution >= 4 is 204 Å². The van der Waals surface area contributed by atoms with Gasteiger partial charge in [-0.25, -0.2) is 104 Å². The van der Waals surface area contributed by atoms with Crippen LogP contribution in [0, 0.1) is 0 Å². The Morgan fingerprint density at radius 1 is 0.289 bits per heavy atom. The fraction of sp³-hybridized carbons (Fsp3) is 0.204. The van der Waals surface area contributed by atoms with E-state index in [9.17, 15) is 0 Å². The Labute approximate surface area is 883 Å². The zero-order valence-electron chi connectivity index (χ0n) is 78.9. The van der Waals surface area contributed by atoms with Gasteiger partial charge in [0.25, 0.3) is 0 Å². The molecule has 3 fully saturated rings. The number of nitrogens with zero attached hydrogens (tertiary/aromatic N) is 43. The van der Waals surface area contributed by atoms with Crippen LogP contribution in [0.15, 0.2) is 330 Å². The number of pyridine rings is 9. The predicted molar refractivity (Wildman–Crippen MR) is 561 cm³/mol. The molecule has 0 unspecified atom stereocenters. The highest BCUT2D eigenvalue weighted by Gasteiger charge is 2.23. The first kappa shape index (κ1) is 102. The number of fused-ring (bicyclic) bond motifs is 9. The highest BCUT2D eigenvalue weighted by atomic mass is 32.2. The maximum absolute atomic E-state index is 5.37. The molecule has 0 atom stereocenters. The summed E-state index contributed by atoms with van der Waals surface area (Å²) in [6.07, 6.45) is 68.9. The van der Waals surface area contributed by atoms with Crippen LogP contribution < -0.4 is 0 Å². The Kier molecular flexibility index (Phi) is 35.9. The summed E-state index contributed by atoms with van der Waals surface area (Å²) < 4.78 is 10.8. The summed E-state index contributed by atoms with van der Waals surface area (Å²) in [5, 5.41) is 69.3. The molecule has 3 N–H and O–H groups in total. The van der Waals surface area contributed by atoms with Crippen LogP contribution in [0.2, 0.25) is 0 Å². The topological polar surface area (TPSA) is 587 Å². The number of tetrazole rings is 3. The third-order valence-corrected chi connectivity index (χ3v) is 31.7. The van der Waals surface area contributed by atoms with Crippen molar-refractivity contribution in [1.29, 1.82) is 0 Å². The number of hydrogen-bond donors (Lipinski definition) is 3. The van der Waals surface area contributed by atoms with Crippen LogP contribution in [-0.2, 0) is 25.9 Å². The van der Waals surface area contributed by atoms with Crippen molar-refractivity contribution < 1.29 is 4.74 Å². The lowest BCUT2D eigenvalue weighted by Gasteiger charge is -2.21. The van der Waals surface area contributed by atoms with Crippen LogP contribution in [-0.4, -0.2) is 259 Å². The summed E-state index contributed by atoms with van der Waals surface area (Å²) in [5.74, 6) is 0. The second-order valence-corrected chi connectivity index (χ2v) is 41.1. The second kappa shape index (κ2) is 52.6. The fourth-order valence-corrected chi connectivity index (χ4v) is 22.8. The maximum atomic E-state index is 5.37. The molecule has 47 nitrogen and oxygen atoms in total. The van der Waals surface area contributed by atoms with Crippen LogP contribution in [0.25, 0.3) is 98.1 Å². The maximum Gasteiger partial charge on any atom is 0.237 e. The average Bonchev–Trinajstić information content (AvgIpc) is 1.68. The molecule has 0 amide bonds. The summed E-state index contributed by atoms with van der Waals surface area (Å²) in [7, 11) is 5.63. The first-order valence-electron chi connectivity index (χ1n) is 45.7. The van der Waals surface area contributed by atoms with E-state index in [4.69, 9.17) is 4.74 Å². The lowest BCUT2D eigenvalue weighted by molar-refractivity contribution is 0.1000. The van der Waals surface area contributed by atoms with Crippen molar-refractivity contribution in [3.63, 3.8) is 0 Å². The van der Waals surface area contributed by atoms with Crippen molar-refractivity contribution in [2.45, 2.75) is 163 Å². The lowest BCUT2D eigenvalue weighted by atomic mass is 10.0. The molecule has 3 aliphatic rings. The minimum Gasteiger partial charge on any atom is -0.381 e. The number of hydrogen-bond acceptors (Lipinski definition) is 50. The Morgan fingerprint density at radius 3 is 0.906 bits per heavy atom. The van der Waals surface area contributed by atoms with Gasteiger partial charge in [-0.3, -0.25) is 44.9 Å². The van der Waals surface area contributed by atoms with Gasteiger partial charge in [0, 0.05) is 186 Å². The Morgan fingerprint density at radius 2 is 0.604 bits per heavy atom. The molecule has 25 heterocycles. The second-order valence-electron chi connectivity index (χ2n) is 31.5. The van der Waals surface area contributed by atoms with Gasteiger partial charge in [0.2, 0.25) is 15.5 Å². The molecule has 0 bridgehead atoms. The van der Waals surface area contributed by atoms with Crippen molar-refractivity contribution in [2.75, 3.05) is 13.2 Å². The quantitative estimate of drug-likeness (QED) is 0.0672. The van der Waals surface area contributed by atoms with Gasteiger partial charge in [0.1, 0.15) is 109 Å².